The zero-order valence-electron chi connectivity index (χ0n) is 24.0. The number of nitrogens with zero attached hydrogens (tertiary/aromatic N) is 4. The second-order valence-electron chi connectivity index (χ2n) is 11.6. The molecule has 3 heterocycles. The smallest absolute Gasteiger partial charge is 0.410 e. The van der Waals surface area contributed by atoms with E-state index < -0.39 is 11.3 Å². The Kier molecular flexibility index (Phi) is 7.45. The molecule has 3 aromatic carbocycles. The van der Waals surface area contributed by atoms with E-state index in [1.54, 1.807) is 11.1 Å². The summed E-state index contributed by atoms with van der Waals surface area (Å²) in [7, 11) is 0. The molecule has 1 saturated heterocycles. The van der Waals surface area contributed by atoms with E-state index >= 15 is 0 Å². The van der Waals surface area contributed by atoms with Gasteiger partial charge in [0.05, 0.1) is 28.9 Å². The van der Waals surface area contributed by atoms with Crippen molar-refractivity contribution in [3.05, 3.63) is 84.6 Å². The minimum absolute atomic E-state index is 0.140. The lowest BCUT2D eigenvalue weighted by molar-refractivity contribution is -0.113. The molecule has 0 bridgehead atoms. The van der Waals surface area contributed by atoms with Crippen LogP contribution in [0.3, 0.4) is 0 Å². The van der Waals surface area contributed by atoms with Crippen LogP contribution in [-0.2, 0) is 9.53 Å². The first kappa shape index (κ1) is 27.9. The van der Waals surface area contributed by atoms with Gasteiger partial charge in [-0.15, -0.1) is 0 Å². The second-order valence-corrected chi connectivity index (χ2v) is 12.6. The Balaban J connectivity index is 1.21. The maximum absolute atomic E-state index is 13.0. The average Bonchev–Trinajstić information content (AvgIpc) is 3.33. The molecule has 214 valence electrons. The molecule has 2 aliphatic rings. The molecule has 0 radical (unpaired) electrons. The number of rotatable bonds is 4. The number of pyridine rings is 1. The van der Waals surface area contributed by atoms with Gasteiger partial charge in [0.25, 0.3) is 0 Å². The number of hydrogen-bond acceptors (Lipinski definition) is 7. The number of benzene rings is 3. The van der Waals surface area contributed by atoms with Crippen molar-refractivity contribution in [2.45, 2.75) is 44.9 Å². The molecule has 8 nitrogen and oxygen atoms in total. The molecule has 1 aromatic heterocycles. The molecular formula is C33H33N5O3S. The fourth-order valence-corrected chi connectivity index (χ4v) is 6.09. The number of aromatic nitrogens is 1. The van der Waals surface area contributed by atoms with Crippen LogP contribution in [-0.4, -0.2) is 62.7 Å². The van der Waals surface area contributed by atoms with Gasteiger partial charge in [0, 0.05) is 36.9 Å². The van der Waals surface area contributed by atoms with Crippen molar-refractivity contribution in [1.29, 1.82) is 0 Å². The van der Waals surface area contributed by atoms with Gasteiger partial charge < -0.3 is 15.0 Å². The van der Waals surface area contributed by atoms with E-state index in [4.69, 9.17) is 14.7 Å². The standard InChI is InChI=1S/C33H33N5O3S/c1-32(2,3)41-31(40)38-16-14-33(15-17-38)36-29(25-13-12-22-8-4-5-9-23(22)18-25)30(37-33)42-21-28(39)35-26-19-24-10-6-7-11-27(24)34-20-26/h4-13,18-20H,14-17,21H2,1-3H3,(H,35,39). The largest absolute Gasteiger partial charge is 0.444 e. The van der Waals surface area contributed by atoms with E-state index in [1.165, 1.54) is 11.8 Å². The van der Waals surface area contributed by atoms with Crippen LogP contribution < -0.4 is 5.32 Å². The van der Waals surface area contributed by atoms with Crippen molar-refractivity contribution in [2.24, 2.45) is 9.98 Å². The number of carbonyl (C=O) groups excluding carboxylic acids is 2. The molecule has 2 aliphatic heterocycles. The summed E-state index contributed by atoms with van der Waals surface area (Å²) in [5, 5.41) is 6.94. The molecule has 1 spiro atoms. The molecule has 9 heteroatoms. The summed E-state index contributed by atoms with van der Waals surface area (Å²) in [5.74, 6) is 0.0385. The molecule has 4 aromatic rings. The minimum atomic E-state index is -0.666. The summed E-state index contributed by atoms with van der Waals surface area (Å²) in [5.41, 5.74) is 2.07. The number of ether oxygens (including phenoxy) is 1. The van der Waals surface area contributed by atoms with Gasteiger partial charge in [-0.3, -0.25) is 14.8 Å². The number of thioether (sulfide) groups is 1. The molecule has 1 fully saturated rings. The molecule has 42 heavy (non-hydrogen) atoms. The topological polar surface area (TPSA) is 96.2 Å². The molecule has 2 amide bonds. The van der Waals surface area contributed by atoms with E-state index in [-0.39, 0.29) is 17.8 Å². The molecule has 0 atom stereocenters. The highest BCUT2D eigenvalue weighted by Crippen LogP contribution is 2.36. The minimum Gasteiger partial charge on any atom is -0.444 e. The highest BCUT2D eigenvalue weighted by Gasteiger charge is 2.41. The summed E-state index contributed by atoms with van der Waals surface area (Å²) in [4.78, 5) is 42.1. The Morgan fingerprint density at radius 2 is 1.64 bits per heavy atom. The predicted octanol–water partition coefficient (Wildman–Crippen LogP) is 6.69. The van der Waals surface area contributed by atoms with Crippen molar-refractivity contribution >= 4 is 61.9 Å². The van der Waals surface area contributed by atoms with Crippen LogP contribution in [0.25, 0.3) is 21.7 Å². The Morgan fingerprint density at radius 3 is 2.40 bits per heavy atom. The molecule has 0 aliphatic carbocycles. The summed E-state index contributed by atoms with van der Waals surface area (Å²) in [6.45, 7) is 6.61. The van der Waals surface area contributed by atoms with Gasteiger partial charge in [-0.05, 0) is 49.7 Å². The van der Waals surface area contributed by atoms with Gasteiger partial charge in [0.2, 0.25) is 5.91 Å². The Hall–Kier alpha value is -4.24. The number of fused-ring (bicyclic) bond motifs is 2. The van der Waals surface area contributed by atoms with E-state index in [9.17, 15) is 9.59 Å². The highest BCUT2D eigenvalue weighted by atomic mass is 32.2. The van der Waals surface area contributed by atoms with Crippen molar-refractivity contribution in [3.63, 3.8) is 0 Å². The van der Waals surface area contributed by atoms with Crippen molar-refractivity contribution in [3.8, 4) is 0 Å². The Labute approximate surface area is 249 Å². The quantitative estimate of drug-likeness (QED) is 0.291. The summed E-state index contributed by atoms with van der Waals surface area (Å²) < 4.78 is 5.58. The zero-order chi connectivity index (χ0) is 29.3. The van der Waals surface area contributed by atoms with Gasteiger partial charge in [0.15, 0.2) is 5.66 Å². The lowest BCUT2D eigenvalue weighted by atomic mass is 9.98. The maximum atomic E-state index is 13.0. The average molecular weight is 580 g/mol. The van der Waals surface area contributed by atoms with Gasteiger partial charge in [-0.2, -0.15) is 0 Å². The normalized spacial score (nSPS) is 16.4. The van der Waals surface area contributed by atoms with Crippen LogP contribution in [0.1, 0.15) is 39.2 Å². The third-order valence-electron chi connectivity index (χ3n) is 7.29. The number of likely N-dealkylation sites (tertiary alicyclic amines) is 1. The first-order chi connectivity index (χ1) is 20.2. The number of piperidine rings is 1. The number of para-hydroxylation sites is 1. The van der Waals surface area contributed by atoms with Crippen LogP contribution in [0, 0.1) is 0 Å². The summed E-state index contributed by atoms with van der Waals surface area (Å²) >= 11 is 1.39. The Morgan fingerprint density at radius 1 is 0.929 bits per heavy atom. The number of carbonyl (C=O) groups is 2. The van der Waals surface area contributed by atoms with Crippen molar-refractivity contribution in [2.75, 3.05) is 24.2 Å². The van der Waals surface area contributed by atoms with E-state index in [2.05, 4.69) is 40.6 Å². The van der Waals surface area contributed by atoms with Gasteiger partial charge >= 0.3 is 6.09 Å². The van der Waals surface area contributed by atoms with Gasteiger partial charge in [-0.25, -0.2) is 9.79 Å². The van der Waals surface area contributed by atoms with E-state index in [0.717, 1.165) is 38.0 Å². The maximum Gasteiger partial charge on any atom is 0.410 e. The summed E-state index contributed by atoms with van der Waals surface area (Å²) in [6, 6.07) is 24.2. The number of aliphatic imine (C=N–C) groups is 2. The van der Waals surface area contributed by atoms with Gasteiger partial charge in [-0.1, -0.05) is 66.4 Å². The van der Waals surface area contributed by atoms with Crippen molar-refractivity contribution in [1.82, 2.24) is 9.88 Å². The lowest BCUT2D eigenvalue weighted by Gasteiger charge is -2.36. The van der Waals surface area contributed by atoms with Crippen LogP contribution in [0.15, 0.2) is 89.0 Å². The van der Waals surface area contributed by atoms with Crippen LogP contribution in [0.5, 0.6) is 0 Å². The summed E-state index contributed by atoms with van der Waals surface area (Å²) in [6.07, 6.45) is 2.53. The molecule has 0 unspecified atom stereocenters. The highest BCUT2D eigenvalue weighted by molar-refractivity contribution is 8.16. The zero-order valence-corrected chi connectivity index (χ0v) is 24.8. The second kappa shape index (κ2) is 11.2. The first-order valence-electron chi connectivity index (χ1n) is 14.1. The van der Waals surface area contributed by atoms with Crippen LogP contribution in [0.4, 0.5) is 10.5 Å². The number of nitrogens with one attached hydrogen (secondary N) is 1. The third-order valence-corrected chi connectivity index (χ3v) is 8.25. The number of hydrogen-bond donors (Lipinski definition) is 1. The molecule has 6 rings (SSSR count). The molecule has 1 N–H and O–H groups in total. The third kappa shape index (κ3) is 6.16. The number of anilines is 1. The fourth-order valence-electron chi connectivity index (χ4n) is 5.22. The monoisotopic (exact) mass is 579 g/mol. The Bertz CT molecular complexity index is 1730. The SMILES string of the molecule is CC(C)(C)OC(=O)N1CCC2(CC1)N=C(SCC(=O)Nc1cnc3ccccc3c1)C(c1ccc3ccccc3c1)=N2. The van der Waals surface area contributed by atoms with Crippen LogP contribution in [0.2, 0.25) is 0 Å². The molecule has 0 saturated carbocycles. The van der Waals surface area contributed by atoms with E-state index in [1.807, 2.05) is 63.2 Å². The fraction of sp³-hybridized carbons (Fsp3) is 0.303. The van der Waals surface area contributed by atoms with Crippen LogP contribution >= 0.6 is 11.8 Å². The van der Waals surface area contributed by atoms with Crippen molar-refractivity contribution < 1.29 is 14.3 Å². The lowest BCUT2D eigenvalue weighted by Crippen LogP contribution is -2.46. The van der Waals surface area contributed by atoms with E-state index in [0.29, 0.717) is 31.6 Å². The number of amides is 2. The first-order valence-corrected chi connectivity index (χ1v) is 15.1. The predicted molar refractivity (Wildman–Crippen MR) is 171 cm³/mol. The van der Waals surface area contributed by atoms with Gasteiger partial charge in [0.1, 0.15) is 10.6 Å². The molecular weight excluding hydrogens is 546 g/mol.